The van der Waals surface area contributed by atoms with Crippen molar-refractivity contribution in [1.29, 1.82) is 0 Å². The molecule has 8 heteroatoms. The Morgan fingerprint density at radius 1 is 1.26 bits per heavy atom. The lowest BCUT2D eigenvalue weighted by molar-refractivity contribution is 0.318. The smallest absolute Gasteiger partial charge is 0.232 e. The predicted octanol–water partition coefficient (Wildman–Crippen LogP) is 3.59. The maximum atomic E-state index is 5.32. The minimum Gasteiger partial charge on any atom is -0.497 e. The lowest BCUT2D eigenvalue weighted by Crippen LogP contribution is -2.38. The van der Waals surface area contributed by atoms with Crippen molar-refractivity contribution in [3.8, 4) is 5.75 Å². The zero-order valence-electron chi connectivity index (χ0n) is 16.9. The topological polar surface area (TPSA) is 75.8 Å². The maximum Gasteiger partial charge on any atom is 0.232 e. The fourth-order valence-corrected chi connectivity index (χ4v) is 2.32. The average Bonchev–Trinajstić information content (AvgIpc) is 3.08. The van der Waals surface area contributed by atoms with Gasteiger partial charge in [0.1, 0.15) is 12.3 Å². The molecule has 0 bridgehead atoms. The molecule has 1 N–H and O–H groups in total. The molecule has 27 heavy (non-hydrogen) atoms. The van der Waals surface area contributed by atoms with Gasteiger partial charge in [-0.05, 0) is 24.6 Å². The Bertz CT molecular complexity index is 722. The minimum atomic E-state index is -0.162. The van der Waals surface area contributed by atoms with Gasteiger partial charge < -0.3 is 19.5 Å². The summed E-state index contributed by atoms with van der Waals surface area (Å²) >= 11 is 0. The quantitative estimate of drug-likeness (QED) is 0.382. The summed E-state index contributed by atoms with van der Waals surface area (Å²) in [6.45, 7) is 10.1. The van der Waals surface area contributed by atoms with Crippen LogP contribution in [-0.4, -0.2) is 41.7 Å². The highest BCUT2D eigenvalue weighted by Crippen LogP contribution is 2.19. The largest absolute Gasteiger partial charge is 0.497 e. The monoisotopic (exact) mass is 487 g/mol. The van der Waals surface area contributed by atoms with Crippen molar-refractivity contribution in [1.82, 2.24) is 20.4 Å². The molecule has 0 spiro atoms. The second-order valence-corrected chi connectivity index (χ2v) is 7.14. The van der Waals surface area contributed by atoms with Crippen LogP contribution in [0.3, 0.4) is 0 Å². The Labute approximate surface area is 178 Å². The summed E-state index contributed by atoms with van der Waals surface area (Å²) < 4.78 is 10.5. The van der Waals surface area contributed by atoms with Crippen LogP contribution in [-0.2, 0) is 18.5 Å². The molecule has 0 radical (unpaired) electrons. The number of hydrogen-bond donors (Lipinski definition) is 1. The first kappa shape index (κ1) is 23.2. The average molecular weight is 487 g/mol. The lowest BCUT2D eigenvalue weighted by Gasteiger charge is -2.22. The van der Waals surface area contributed by atoms with E-state index in [1.807, 2.05) is 59.0 Å². The van der Waals surface area contributed by atoms with Crippen molar-refractivity contribution < 1.29 is 9.26 Å². The van der Waals surface area contributed by atoms with Crippen LogP contribution < -0.4 is 10.1 Å². The van der Waals surface area contributed by atoms with Crippen molar-refractivity contribution in [3.63, 3.8) is 0 Å². The standard InChI is InChI=1S/C19H29N5O2.HI/c1-7-20-18(21-12-16-22-17(26-23-16)19(2,3)4)24(5)13-14-8-10-15(25-6)11-9-14;/h8-11H,7,12-13H2,1-6H3,(H,20,21);1H. The number of halogens is 1. The van der Waals surface area contributed by atoms with Gasteiger partial charge in [-0.15, -0.1) is 24.0 Å². The SMILES string of the molecule is CCNC(=NCc1noc(C(C)(C)C)n1)N(C)Cc1ccc(OC)cc1.I. The fraction of sp³-hybridized carbons (Fsp3) is 0.526. The van der Waals surface area contributed by atoms with Gasteiger partial charge >= 0.3 is 0 Å². The molecule has 150 valence electrons. The Hall–Kier alpha value is -1.84. The number of aliphatic imine (C=N–C) groups is 1. The fourth-order valence-electron chi connectivity index (χ4n) is 2.32. The summed E-state index contributed by atoms with van der Waals surface area (Å²) in [6, 6.07) is 8.02. The van der Waals surface area contributed by atoms with E-state index in [-0.39, 0.29) is 29.4 Å². The van der Waals surface area contributed by atoms with E-state index in [0.717, 1.165) is 24.8 Å². The number of benzene rings is 1. The summed E-state index contributed by atoms with van der Waals surface area (Å²) in [4.78, 5) is 11.1. The van der Waals surface area contributed by atoms with Crippen molar-refractivity contribution in [2.45, 2.75) is 46.2 Å². The maximum absolute atomic E-state index is 5.32. The van der Waals surface area contributed by atoms with Crippen LogP contribution in [0.15, 0.2) is 33.8 Å². The third kappa shape index (κ3) is 7.00. The molecular weight excluding hydrogens is 457 g/mol. The summed E-state index contributed by atoms with van der Waals surface area (Å²) in [5, 5.41) is 7.32. The number of nitrogens with one attached hydrogen (secondary N) is 1. The molecule has 1 aromatic carbocycles. The van der Waals surface area contributed by atoms with Crippen LogP contribution in [0.1, 0.15) is 45.0 Å². The van der Waals surface area contributed by atoms with E-state index in [1.54, 1.807) is 7.11 Å². The van der Waals surface area contributed by atoms with E-state index >= 15 is 0 Å². The highest BCUT2D eigenvalue weighted by molar-refractivity contribution is 14.0. The van der Waals surface area contributed by atoms with Gasteiger partial charge in [0.25, 0.3) is 0 Å². The molecule has 0 fully saturated rings. The van der Waals surface area contributed by atoms with E-state index in [2.05, 4.69) is 25.3 Å². The molecule has 2 rings (SSSR count). The van der Waals surface area contributed by atoms with Crippen molar-refractivity contribution in [2.75, 3.05) is 20.7 Å². The molecule has 0 aliphatic carbocycles. The minimum absolute atomic E-state index is 0. The second-order valence-electron chi connectivity index (χ2n) is 7.14. The number of methoxy groups -OCH3 is 1. The van der Waals surface area contributed by atoms with Gasteiger partial charge in [-0.1, -0.05) is 38.1 Å². The number of nitrogens with zero attached hydrogens (tertiary/aromatic N) is 4. The number of guanidine groups is 1. The molecule has 1 heterocycles. The number of aromatic nitrogens is 2. The van der Waals surface area contributed by atoms with Crippen molar-refractivity contribution >= 4 is 29.9 Å². The molecule has 2 aromatic rings. The Kier molecular flexibility index (Phi) is 9.01. The number of hydrogen-bond acceptors (Lipinski definition) is 5. The summed E-state index contributed by atoms with van der Waals surface area (Å²) in [5.74, 6) is 2.86. The van der Waals surface area contributed by atoms with Gasteiger partial charge in [0.05, 0.1) is 7.11 Å². The molecule has 0 atom stereocenters. The summed E-state index contributed by atoms with van der Waals surface area (Å²) in [5.41, 5.74) is 1.01. The van der Waals surface area contributed by atoms with E-state index in [4.69, 9.17) is 9.26 Å². The molecule has 0 saturated carbocycles. The van der Waals surface area contributed by atoms with Gasteiger partial charge in [-0.25, -0.2) is 4.99 Å². The third-order valence-corrected chi connectivity index (χ3v) is 3.76. The Morgan fingerprint density at radius 2 is 1.93 bits per heavy atom. The third-order valence-electron chi connectivity index (χ3n) is 3.76. The lowest BCUT2D eigenvalue weighted by atomic mass is 9.97. The van der Waals surface area contributed by atoms with E-state index in [1.165, 1.54) is 5.56 Å². The highest BCUT2D eigenvalue weighted by Gasteiger charge is 2.21. The van der Waals surface area contributed by atoms with Crippen LogP contribution in [0.4, 0.5) is 0 Å². The molecule has 0 unspecified atom stereocenters. The summed E-state index contributed by atoms with van der Waals surface area (Å²) in [7, 11) is 3.67. The van der Waals surface area contributed by atoms with E-state index < -0.39 is 0 Å². The molecule has 1 aromatic heterocycles. The zero-order chi connectivity index (χ0) is 19.2. The zero-order valence-corrected chi connectivity index (χ0v) is 19.3. The van der Waals surface area contributed by atoms with Crippen LogP contribution in [0.25, 0.3) is 0 Å². The van der Waals surface area contributed by atoms with Gasteiger partial charge in [0.15, 0.2) is 11.8 Å². The van der Waals surface area contributed by atoms with E-state index in [9.17, 15) is 0 Å². The molecule has 0 saturated heterocycles. The molecule has 0 aliphatic heterocycles. The second kappa shape index (κ2) is 10.5. The first-order chi connectivity index (χ1) is 12.3. The van der Waals surface area contributed by atoms with Crippen molar-refractivity contribution in [3.05, 3.63) is 41.5 Å². The Morgan fingerprint density at radius 3 is 2.44 bits per heavy atom. The van der Waals surface area contributed by atoms with Crippen molar-refractivity contribution in [2.24, 2.45) is 4.99 Å². The highest BCUT2D eigenvalue weighted by atomic mass is 127. The Balaban J connectivity index is 0.00000364. The molecular formula is C19H30IN5O2. The molecule has 0 aliphatic rings. The number of ether oxygens (including phenoxy) is 1. The number of rotatable bonds is 6. The van der Waals surface area contributed by atoms with Gasteiger partial charge in [0.2, 0.25) is 5.89 Å². The first-order valence-electron chi connectivity index (χ1n) is 8.79. The van der Waals surface area contributed by atoms with Gasteiger partial charge in [-0.3, -0.25) is 0 Å². The first-order valence-corrected chi connectivity index (χ1v) is 8.79. The molecule has 0 amide bonds. The van der Waals surface area contributed by atoms with Crippen LogP contribution in [0.2, 0.25) is 0 Å². The van der Waals surface area contributed by atoms with Gasteiger partial charge in [0, 0.05) is 25.6 Å². The molecule has 7 nitrogen and oxygen atoms in total. The predicted molar refractivity (Wildman–Crippen MR) is 118 cm³/mol. The van der Waals surface area contributed by atoms with Crippen LogP contribution >= 0.6 is 24.0 Å². The normalized spacial score (nSPS) is 11.7. The van der Waals surface area contributed by atoms with Crippen LogP contribution in [0, 0.1) is 0 Å². The van der Waals surface area contributed by atoms with Gasteiger partial charge in [-0.2, -0.15) is 4.98 Å². The van der Waals surface area contributed by atoms with Crippen LogP contribution in [0.5, 0.6) is 5.75 Å². The van der Waals surface area contributed by atoms with E-state index in [0.29, 0.717) is 18.3 Å². The summed E-state index contributed by atoms with van der Waals surface area (Å²) in [6.07, 6.45) is 0.